The molecule has 0 heterocycles. The molecule has 2 rings (SSSR count). The van der Waals surface area contributed by atoms with E-state index in [9.17, 15) is 27.9 Å². The van der Waals surface area contributed by atoms with Crippen molar-refractivity contribution in [3.63, 3.8) is 0 Å². The van der Waals surface area contributed by atoms with Gasteiger partial charge in [0, 0.05) is 18.7 Å². The molecule has 0 fully saturated rings. The Kier molecular flexibility index (Phi) is 10.4. The van der Waals surface area contributed by atoms with Crippen LogP contribution in [0, 0.1) is 6.92 Å². The fourth-order valence-corrected chi connectivity index (χ4v) is 2.84. The third-order valence-electron chi connectivity index (χ3n) is 4.38. The van der Waals surface area contributed by atoms with Gasteiger partial charge in [0.15, 0.2) is 0 Å². The molecule has 180 valence electrons. The van der Waals surface area contributed by atoms with Crippen molar-refractivity contribution < 1.29 is 37.8 Å². The van der Waals surface area contributed by atoms with Gasteiger partial charge in [0.05, 0.1) is 16.9 Å². The van der Waals surface area contributed by atoms with Crippen LogP contribution in [0.4, 0.5) is 24.5 Å². The van der Waals surface area contributed by atoms with Crippen molar-refractivity contribution in [1.29, 1.82) is 0 Å². The van der Waals surface area contributed by atoms with Gasteiger partial charge in [-0.05, 0) is 50.1 Å². The van der Waals surface area contributed by atoms with Gasteiger partial charge in [0.25, 0.3) is 5.91 Å². The Bertz CT molecular complexity index is 954. The van der Waals surface area contributed by atoms with Gasteiger partial charge in [-0.1, -0.05) is 31.5 Å². The molecule has 0 unspecified atom stereocenters. The summed E-state index contributed by atoms with van der Waals surface area (Å²) in [4.78, 5) is 35.0. The van der Waals surface area contributed by atoms with Crippen LogP contribution in [0.25, 0.3) is 0 Å². The Labute approximate surface area is 189 Å². The second-order valence-corrected chi connectivity index (χ2v) is 7.15. The highest BCUT2D eigenvalue weighted by atomic mass is 19.4. The molecule has 7 nitrogen and oxygen atoms in total. The Morgan fingerprint density at radius 2 is 1.39 bits per heavy atom. The van der Waals surface area contributed by atoms with Gasteiger partial charge < -0.3 is 20.4 Å². The first-order chi connectivity index (χ1) is 15.4. The van der Waals surface area contributed by atoms with Crippen LogP contribution < -0.4 is 10.2 Å². The molecule has 2 aromatic carbocycles. The number of carboxylic acids is 2. The summed E-state index contributed by atoms with van der Waals surface area (Å²) in [6, 6.07) is 12.2. The number of aryl methyl sites for hydroxylation is 1. The van der Waals surface area contributed by atoms with Gasteiger partial charge in [-0.15, -0.1) is 0 Å². The minimum Gasteiger partial charge on any atom is -0.478 e. The van der Waals surface area contributed by atoms with Crippen LogP contribution in [-0.4, -0.2) is 47.3 Å². The molecule has 0 aliphatic carbocycles. The van der Waals surface area contributed by atoms with Crippen molar-refractivity contribution in [2.75, 3.05) is 23.3 Å². The number of carboxylic acid groups (broad SMARTS) is 2. The number of hydrogen-bond donors (Lipinski definition) is 3. The number of halogens is 3. The lowest BCUT2D eigenvalue weighted by Crippen LogP contribution is -2.26. The minimum atomic E-state index is -5.08. The summed E-state index contributed by atoms with van der Waals surface area (Å²) in [6.07, 6.45) is -3.15. The molecular formula is C23H27F3N2O5. The van der Waals surface area contributed by atoms with E-state index in [4.69, 9.17) is 9.90 Å². The normalized spacial score (nSPS) is 10.6. The van der Waals surface area contributed by atoms with E-state index < -0.39 is 18.1 Å². The van der Waals surface area contributed by atoms with E-state index in [2.05, 4.69) is 24.1 Å². The number of benzene rings is 2. The molecule has 0 radical (unpaired) electrons. The number of anilines is 2. The number of alkyl halides is 3. The van der Waals surface area contributed by atoms with Gasteiger partial charge in [-0.2, -0.15) is 13.2 Å². The average molecular weight is 468 g/mol. The van der Waals surface area contributed by atoms with Gasteiger partial charge in [-0.25, -0.2) is 9.59 Å². The average Bonchev–Trinajstić information content (AvgIpc) is 2.73. The van der Waals surface area contributed by atoms with Crippen molar-refractivity contribution in [1.82, 2.24) is 0 Å². The molecule has 0 saturated heterocycles. The van der Waals surface area contributed by atoms with E-state index in [0.717, 1.165) is 37.2 Å². The Balaban J connectivity index is 0.000000675. The summed E-state index contributed by atoms with van der Waals surface area (Å²) in [5.41, 5.74) is 3.14. The molecule has 10 heteroatoms. The minimum absolute atomic E-state index is 0.154. The number of nitrogens with one attached hydrogen (secondary N) is 1. The number of aromatic carboxylic acids is 1. The summed E-state index contributed by atoms with van der Waals surface area (Å²) >= 11 is 0. The first-order valence-corrected chi connectivity index (χ1v) is 10.2. The molecule has 0 aromatic heterocycles. The van der Waals surface area contributed by atoms with Crippen molar-refractivity contribution in [3.05, 3.63) is 59.2 Å². The SMILES string of the molecule is CCCN(CCC)c1ccc(C(=O)O)cc1NC(=O)c1ccc(C)cc1.O=C(O)C(F)(F)F. The summed E-state index contributed by atoms with van der Waals surface area (Å²) in [5.74, 6) is -4.02. The highest BCUT2D eigenvalue weighted by Crippen LogP contribution is 2.28. The smallest absolute Gasteiger partial charge is 0.478 e. The monoisotopic (exact) mass is 468 g/mol. The van der Waals surface area contributed by atoms with Gasteiger partial charge in [0.2, 0.25) is 0 Å². The second kappa shape index (κ2) is 12.5. The lowest BCUT2D eigenvalue weighted by molar-refractivity contribution is -0.192. The molecular weight excluding hydrogens is 441 g/mol. The number of carbonyl (C=O) groups is 3. The molecule has 0 aliphatic rings. The third kappa shape index (κ3) is 8.83. The molecule has 0 aliphatic heterocycles. The Morgan fingerprint density at radius 3 is 1.82 bits per heavy atom. The van der Waals surface area contributed by atoms with Gasteiger partial charge in [-0.3, -0.25) is 4.79 Å². The second-order valence-electron chi connectivity index (χ2n) is 7.15. The molecule has 1 amide bonds. The quantitative estimate of drug-likeness (QED) is 0.491. The van der Waals surface area contributed by atoms with Gasteiger partial charge >= 0.3 is 18.1 Å². The van der Waals surface area contributed by atoms with E-state index in [1.807, 2.05) is 19.1 Å². The highest BCUT2D eigenvalue weighted by Gasteiger charge is 2.38. The summed E-state index contributed by atoms with van der Waals surface area (Å²) in [5, 5.41) is 19.3. The summed E-state index contributed by atoms with van der Waals surface area (Å²) in [7, 11) is 0. The first kappa shape index (κ1) is 27.5. The maximum atomic E-state index is 12.6. The number of aliphatic carboxylic acids is 1. The fourth-order valence-electron chi connectivity index (χ4n) is 2.84. The zero-order chi connectivity index (χ0) is 25.2. The highest BCUT2D eigenvalue weighted by molar-refractivity contribution is 6.06. The zero-order valence-electron chi connectivity index (χ0n) is 18.6. The van der Waals surface area contributed by atoms with E-state index >= 15 is 0 Å². The molecule has 0 bridgehead atoms. The van der Waals surface area contributed by atoms with Crippen LogP contribution >= 0.6 is 0 Å². The van der Waals surface area contributed by atoms with E-state index in [0.29, 0.717) is 11.3 Å². The molecule has 3 N–H and O–H groups in total. The number of carbonyl (C=O) groups excluding carboxylic acids is 1. The summed E-state index contributed by atoms with van der Waals surface area (Å²) in [6.45, 7) is 7.84. The number of amides is 1. The maximum Gasteiger partial charge on any atom is 0.490 e. The predicted octanol–water partition coefficient (Wildman–Crippen LogP) is 5.21. The maximum absolute atomic E-state index is 12.6. The van der Waals surface area contributed by atoms with E-state index in [-0.39, 0.29) is 11.5 Å². The van der Waals surface area contributed by atoms with Gasteiger partial charge in [0.1, 0.15) is 0 Å². The lowest BCUT2D eigenvalue weighted by atomic mass is 10.1. The van der Waals surface area contributed by atoms with Crippen molar-refractivity contribution in [2.24, 2.45) is 0 Å². The van der Waals surface area contributed by atoms with Crippen LogP contribution in [0.2, 0.25) is 0 Å². The van der Waals surface area contributed by atoms with Crippen molar-refractivity contribution in [2.45, 2.75) is 39.8 Å². The van der Waals surface area contributed by atoms with Crippen LogP contribution in [-0.2, 0) is 4.79 Å². The third-order valence-corrected chi connectivity index (χ3v) is 4.38. The van der Waals surface area contributed by atoms with Crippen molar-refractivity contribution in [3.8, 4) is 0 Å². The predicted molar refractivity (Wildman–Crippen MR) is 119 cm³/mol. The van der Waals surface area contributed by atoms with Crippen LogP contribution in [0.1, 0.15) is 53.0 Å². The van der Waals surface area contributed by atoms with Crippen LogP contribution in [0.5, 0.6) is 0 Å². The number of rotatable bonds is 8. The summed E-state index contributed by atoms with van der Waals surface area (Å²) < 4.78 is 31.7. The molecule has 0 atom stereocenters. The van der Waals surface area contributed by atoms with Crippen LogP contribution in [0.15, 0.2) is 42.5 Å². The standard InChI is InChI=1S/C21H26N2O3.C2HF3O2/c1-4-12-23(13-5-2)19-11-10-17(21(25)26)14-18(19)22-20(24)16-8-6-15(3)7-9-16;3-2(4,5)1(6)7/h6-11,14H,4-5,12-13H2,1-3H3,(H,22,24)(H,25,26);(H,6,7). The molecule has 0 saturated carbocycles. The number of hydrogen-bond acceptors (Lipinski definition) is 4. The Hall–Kier alpha value is -3.56. The molecule has 33 heavy (non-hydrogen) atoms. The molecule has 2 aromatic rings. The van der Waals surface area contributed by atoms with Crippen molar-refractivity contribution >= 4 is 29.2 Å². The van der Waals surface area contributed by atoms with E-state index in [1.54, 1.807) is 24.3 Å². The molecule has 0 spiro atoms. The largest absolute Gasteiger partial charge is 0.490 e. The Morgan fingerprint density at radius 1 is 0.909 bits per heavy atom. The van der Waals surface area contributed by atoms with Crippen LogP contribution in [0.3, 0.4) is 0 Å². The zero-order valence-corrected chi connectivity index (χ0v) is 18.6. The lowest BCUT2D eigenvalue weighted by Gasteiger charge is -2.26. The fraction of sp³-hybridized carbons (Fsp3) is 0.348. The topological polar surface area (TPSA) is 107 Å². The first-order valence-electron chi connectivity index (χ1n) is 10.2. The van der Waals surface area contributed by atoms with E-state index in [1.165, 1.54) is 6.07 Å². The number of nitrogens with zero attached hydrogens (tertiary/aromatic N) is 1.